The number of nitrogens with one attached hydrogen (secondary N) is 1. The molecule has 1 amide bonds. The van der Waals surface area contributed by atoms with Gasteiger partial charge in [0.1, 0.15) is 12.4 Å². The lowest BCUT2D eigenvalue weighted by molar-refractivity contribution is 0.0957. The number of hydrogen-bond donors (Lipinski definition) is 1. The van der Waals surface area contributed by atoms with Gasteiger partial charge in [-0.05, 0) is 40.6 Å². The molecular formula is C25H19ClN2O2. The van der Waals surface area contributed by atoms with Gasteiger partial charge in [-0.25, -0.2) is 5.43 Å². The van der Waals surface area contributed by atoms with Gasteiger partial charge in [-0.2, -0.15) is 5.10 Å². The van der Waals surface area contributed by atoms with E-state index in [0.29, 0.717) is 22.9 Å². The molecule has 0 saturated carbocycles. The highest BCUT2D eigenvalue weighted by atomic mass is 35.5. The van der Waals surface area contributed by atoms with E-state index in [4.69, 9.17) is 16.3 Å². The first-order chi connectivity index (χ1) is 14.7. The maximum absolute atomic E-state index is 12.5. The highest BCUT2D eigenvalue weighted by molar-refractivity contribution is 6.31. The fourth-order valence-electron chi connectivity index (χ4n) is 3.11. The van der Waals surface area contributed by atoms with Gasteiger partial charge in [0.05, 0.1) is 6.21 Å². The van der Waals surface area contributed by atoms with Gasteiger partial charge in [-0.15, -0.1) is 0 Å². The third kappa shape index (κ3) is 4.67. The molecule has 0 spiro atoms. The maximum Gasteiger partial charge on any atom is 0.271 e. The van der Waals surface area contributed by atoms with Crippen molar-refractivity contribution in [1.82, 2.24) is 5.43 Å². The first-order valence-electron chi connectivity index (χ1n) is 9.48. The molecule has 4 aromatic rings. The molecule has 4 nitrogen and oxygen atoms in total. The predicted octanol–water partition coefficient (Wildman–Crippen LogP) is 5.84. The molecule has 0 bridgehead atoms. The molecule has 0 aromatic heterocycles. The summed E-state index contributed by atoms with van der Waals surface area (Å²) in [6.07, 6.45) is 1.59. The Bertz CT molecular complexity index is 1220. The average molecular weight is 415 g/mol. The first kappa shape index (κ1) is 19.7. The summed E-state index contributed by atoms with van der Waals surface area (Å²) in [6, 6.07) is 28.4. The first-order valence-corrected chi connectivity index (χ1v) is 9.86. The van der Waals surface area contributed by atoms with E-state index in [1.807, 2.05) is 84.9 Å². The number of carbonyl (C=O) groups excluding carboxylic acids is 1. The van der Waals surface area contributed by atoms with Crippen LogP contribution in [0.3, 0.4) is 0 Å². The molecule has 0 aliphatic carbocycles. The van der Waals surface area contributed by atoms with Gasteiger partial charge >= 0.3 is 0 Å². The Morgan fingerprint density at radius 1 is 0.933 bits per heavy atom. The molecule has 148 valence electrons. The zero-order valence-corrected chi connectivity index (χ0v) is 16.8. The fourth-order valence-corrected chi connectivity index (χ4v) is 3.30. The minimum Gasteiger partial charge on any atom is -0.489 e. The van der Waals surface area contributed by atoms with Crippen molar-refractivity contribution >= 4 is 34.5 Å². The average Bonchev–Trinajstić information content (AvgIpc) is 2.78. The van der Waals surface area contributed by atoms with Crippen LogP contribution in [0.2, 0.25) is 5.02 Å². The molecule has 0 fully saturated rings. The fraction of sp³-hybridized carbons (Fsp3) is 0.0400. The zero-order chi connectivity index (χ0) is 20.8. The van der Waals surface area contributed by atoms with Gasteiger partial charge in [0.25, 0.3) is 5.91 Å². The van der Waals surface area contributed by atoms with Gasteiger partial charge in [0, 0.05) is 16.1 Å². The third-order valence-electron chi connectivity index (χ3n) is 4.62. The number of halogens is 1. The van der Waals surface area contributed by atoms with Crippen LogP contribution in [0.4, 0.5) is 0 Å². The molecule has 0 aliphatic heterocycles. The van der Waals surface area contributed by atoms with Crippen LogP contribution in [-0.4, -0.2) is 12.1 Å². The molecule has 30 heavy (non-hydrogen) atoms. The lowest BCUT2D eigenvalue weighted by Gasteiger charge is -2.08. The van der Waals surface area contributed by atoms with Crippen molar-refractivity contribution in [3.63, 3.8) is 0 Å². The number of fused-ring (bicyclic) bond motifs is 1. The Labute approximate surface area is 179 Å². The number of ether oxygens (including phenoxy) is 1. The summed E-state index contributed by atoms with van der Waals surface area (Å²) < 4.78 is 5.83. The number of nitrogens with zero attached hydrogens (tertiary/aromatic N) is 1. The van der Waals surface area contributed by atoms with E-state index in [0.717, 1.165) is 21.9 Å². The van der Waals surface area contributed by atoms with Gasteiger partial charge in [0.2, 0.25) is 0 Å². The van der Waals surface area contributed by atoms with E-state index >= 15 is 0 Å². The van der Waals surface area contributed by atoms with Crippen LogP contribution in [0.5, 0.6) is 5.75 Å². The number of rotatable bonds is 6. The number of hydrogen-bond acceptors (Lipinski definition) is 3. The molecule has 1 N–H and O–H groups in total. The predicted molar refractivity (Wildman–Crippen MR) is 121 cm³/mol. The van der Waals surface area contributed by atoms with E-state index < -0.39 is 0 Å². The van der Waals surface area contributed by atoms with E-state index in [9.17, 15) is 4.79 Å². The van der Waals surface area contributed by atoms with E-state index in [-0.39, 0.29) is 5.91 Å². The summed E-state index contributed by atoms with van der Waals surface area (Å²) in [5.41, 5.74) is 4.91. The summed E-state index contributed by atoms with van der Waals surface area (Å²) in [5, 5.41) is 6.67. The lowest BCUT2D eigenvalue weighted by atomic mass is 10.0. The Morgan fingerprint density at radius 2 is 1.70 bits per heavy atom. The molecule has 0 atom stereocenters. The van der Waals surface area contributed by atoms with Crippen molar-refractivity contribution in [2.45, 2.75) is 6.61 Å². The van der Waals surface area contributed by atoms with Gasteiger partial charge < -0.3 is 4.74 Å². The van der Waals surface area contributed by atoms with Crippen molar-refractivity contribution in [3.05, 3.63) is 113 Å². The summed E-state index contributed by atoms with van der Waals surface area (Å²) in [6.45, 7) is 0.373. The van der Waals surface area contributed by atoms with Crippen LogP contribution in [0.25, 0.3) is 10.8 Å². The number of carbonyl (C=O) groups is 1. The van der Waals surface area contributed by atoms with E-state index in [1.54, 1.807) is 12.3 Å². The minimum absolute atomic E-state index is 0.255. The topological polar surface area (TPSA) is 50.7 Å². The molecule has 5 heteroatoms. The van der Waals surface area contributed by atoms with Crippen LogP contribution in [0, 0.1) is 0 Å². The molecule has 0 aliphatic rings. The number of hydrazone groups is 1. The van der Waals surface area contributed by atoms with Crippen LogP contribution in [-0.2, 0) is 6.61 Å². The molecular weight excluding hydrogens is 396 g/mol. The van der Waals surface area contributed by atoms with Crippen molar-refractivity contribution in [3.8, 4) is 5.75 Å². The van der Waals surface area contributed by atoms with E-state index in [1.165, 1.54) is 0 Å². The van der Waals surface area contributed by atoms with E-state index in [2.05, 4.69) is 10.5 Å². The van der Waals surface area contributed by atoms with Gasteiger partial charge in [-0.1, -0.05) is 78.3 Å². The molecule has 0 heterocycles. The molecule has 0 unspecified atom stereocenters. The van der Waals surface area contributed by atoms with Crippen molar-refractivity contribution in [1.29, 1.82) is 0 Å². The maximum atomic E-state index is 12.5. The minimum atomic E-state index is -0.255. The van der Waals surface area contributed by atoms with Crippen LogP contribution in [0.15, 0.2) is 96.1 Å². The molecule has 4 rings (SSSR count). The van der Waals surface area contributed by atoms with Gasteiger partial charge in [0.15, 0.2) is 0 Å². The summed E-state index contributed by atoms with van der Waals surface area (Å²) in [4.78, 5) is 12.5. The Balaban J connectivity index is 1.41. The largest absolute Gasteiger partial charge is 0.489 e. The van der Waals surface area contributed by atoms with Crippen LogP contribution >= 0.6 is 11.6 Å². The van der Waals surface area contributed by atoms with Crippen molar-refractivity contribution in [2.24, 2.45) is 5.10 Å². The summed E-state index contributed by atoms with van der Waals surface area (Å²) in [5.74, 6) is 0.438. The molecule has 0 saturated heterocycles. The smallest absolute Gasteiger partial charge is 0.271 e. The second kappa shape index (κ2) is 9.25. The Morgan fingerprint density at radius 3 is 2.60 bits per heavy atom. The normalized spacial score (nSPS) is 11.0. The van der Waals surface area contributed by atoms with Crippen LogP contribution < -0.4 is 10.2 Å². The monoisotopic (exact) mass is 414 g/mol. The van der Waals surface area contributed by atoms with Crippen molar-refractivity contribution in [2.75, 3.05) is 0 Å². The Kier molecular flexibility index (Phi) is 6.06. The lowest BCUT2D eigenvalue weighted by Crippen LogP contribution is -2.17. The quantitative estimate of drug-likeness (QED) is 0.318. The number of amides is 1. The number of benzene rings is 4. The second-order valence-electron chi connectivity index (χ2n) is 6.68. The highest BCUT2D eigenvalue weighted by Gasteiger charge is 2.08. The SMILES string of the molecule is O=C(NN=Cc1cccc(OCc2ccccc2Cl)c1)c1cccc2ccccc12. The summed E-state index contributed by atoms with van der Waals surface area (Å²) in [7, 11) is 0. The molecule has 4 aromatic carbocycles. The second-order valence-corrected chi connectivity index (χ2v) is 7.09. The Hall–Kier alpha value is -3.63. The van der Waals surface area contributed by atoms with Crippen molar-refractivity contribution < 1.29 is 9.53 Å². The summed E-state index contributed by atoms with van der Waals surface area (Å²) >= 11 is 6.17. The standard InChI is InChI=1S/C25H19ClN2O2/c26-24-14-4-2-9-20(24)17-30-21-11-5-7-18(15-21)16-27-28-25(29)23-13-6-10-19-8-1-3-12-22(19)23/h1-16H,17H2,(H,28,29). The third-order valence-corrected chi connectivity index (χ3v) is 4.99. The van der Waals surface area contributed by atoms with Gasteiger partial charge in [-0.3, -0.25) is 4.79 Å². The highest BCUT2D eigenvalue weighted by Crippen LogP contribution is 2.20. The molecule has 0 radical (unpaired) electrons. The van der Waals surface area contributed by atoms with Crippen LogP contribution in [0.1, 0.15) is 21.5 Å². The zero-order valence-electron chi connectivity index (χ0n) is 16.1.